The predicted octanol–water partition coefficient (Wildman–Crippen LogP) is 0.381. The lowest BCUT2D eigenvalue weighted by molar-refractivity contribution is -0.862. The van der Waals surface area contributed by atoms with Crippen molar-refractivity contribution in [2.24, 2.45) is 0 Å². The van der Waals surface area contributed by atoms with Gasteiger partial charge in [-0.15, -0.1) is 0 Å². The van der Waals surface area contributed by atoms with E-state index in [1.54, 1.807) is 7.05 Å². The van der Waals surface area contributed by atoms with Crippen LogP contribution in [0.4, 0.5) is 10.5 Å². The number of benzene rings is 1. The fourth-order valence-electron chi connectivity index (χ4n) is 2.22. The second kappa shape index (κ2) is 9.78. The molecule has 138 valence electrons. The summed E-state index contributed by atoms with van der Waals surface area (Å²) in [7, 11) is 1.73. The second-order valence-corrected chi connectivity index (χ2v) is 6.44. The summed E-state index contributed by atoms with van der Waals surface area (Å²) in [5.74, 6) is -0.596. The number of hydrogen-bond donors (Lipinski definition) is 4. The van der Waals surface area contributed by atoms with Crippen molar-refractivity contribution in [1.29, 1.82) is 0 Å². The van der Waals surface area contributed by atoms with Crippen molar-refractivity contribution in [1.82, 2.24) is 10.6 Å². The van der Waals surface area contributed by atoms with Crippen molar-refractivity contribution in [3.8, 4) is 0 Å². The normalized spacial score (nSPS) is 12.8. The first kappa shape index (κ1) is 20.6. The summed E-state index contributed by atoms with van der Waals surface area (Å²) in [6.07, 6.45) is 0.783. The quantitative estimate of drug-likeness (QED) is 0.574. The van der Waals surface area contributed by atoms with E-state index in [-0.39, 0.29) is 25.0 Å². The van der Waals surface area contributed by atoms with Gasteiger partial charge in [0.2, 0.25) is 0 Å². The number of rotatable bonds is 7. The number of likely N-dealkylation sites (N-methyl/N-ethyl adjacent to an activating group) is 1. The summed E-state index contributed by atoms with van der Waals surface area (Å²) in [5, 5.41) is 7.79. The number of hydrogen-bond acceptors (Lipinski definition) is 3. The summed E-state index contributed by atoms with van der Waals surface area (Å²) in [6.45, 7) is 7.91. The third-order valence-corrected chi connectivity index (χ3v) is 4.05. The number of quaternary nitrogens is 1. The zero-order valence-corrected chi connectivity index (χ0v) is 15.7. The van der Waals surface area contributed by atoms with Gasteiger partial charge in [0.05, 0.1) is 7.05 Å². The first-order valence-corrected chi connectivity index (χ1v) is 8.50. The van der Waals surface area contributed by atoms with Gasteiger partial charge < -0.3 is 15.5 Å². The van der Waals surface area contributed by atoms with Gasteiger partial charge >= 0.3 is 6.03 Å². The lowest BCUT2D eigenvalue weighted by atomic mass is 10.1. The zero-order chi connectivity index (χ0) is 19.0. The third-order valence-electron chi connectivity index (χ3n) is 4.05. The largest absolute Gasteiger partial charge is 0.335 e. The molecular weight excluding hydrogens is 320 g/mol. The highest BCUT2D eigenvalue weighted by molar-refractivity contribution is 5.95. The van der Waals surface area contributed by atoms with E-state index in [0.29, 0.717) is 4.90 Å². The van der Waals surface area contributed by atoms with Crippen molar-refractivity contribution in [2.45, 2.75) is 40.2 Å². The number of aryl methyl sites for hydroxylation is 1. The highest BCUT2D eigenvalue weighted by atomic mass is 16.2. The molecule has 1 aromatic carbocycles. The molecule has 25 heavy (non-hydrogen) atoms. The van der Waals surface area contributed by atoms with Crippen LogP contribution in [-0.4, -0.2) is 44.0 Å². The van der Waals surface area contributed by atoms with Crippen molar-refractivity contribution in [2.75, 3.05) is 25.5 Å². The Bertz CT molecular complexity index is 631. The lowest BCUT2D eigenvalue weighted by Gasteiger charge is -2.15. The van der Waals surface area contributed by atoms with Crippen LogP contribution in [0.5, 0.6) is 0 Å². The minimum Gasteiger partial charge on any atom is -0.335 e. The van der Waals surface area contributed by atoms with Gasteiger partial charge in [-0.3, -0.25) is 14.9 Å². The summed E-state index contributed by atoms with van der Waals surface area (Å²) in [6, 6.07) is 5.21. The van der Waals surface area contributed by atoms with Crippen LogP contribution in [0.15, 0.2) is 18.2 Å². The van der Waals surface area contributed by atoms with Crippen LogP contribution in [0.25, 0.3) is 0 Å². The highest BCUT2D eigenvalue weighted by Gasteiger charge is 2.17. The smallest absolute Gasteiger partial charge is 0.321 e. The molecule has 0 saturated heterocycles. The number of anilines is 1. The van der Waals surface area contributed by atoms with Gasteiger partial charge in [-0.25, -0.2) is 4.79 Å². The number of amides is 4. The van der Waals surface area contributed by atoms with Gasteiger partial charge in [-0.2, -0.15) is 0 Å². The van der Waals surface area contributed by atoms with E-state index in [0.717, 1.165) is 23.2 Å². The van der Waals surface area contributed by atoms with Crippen LogP contribution in [0.1, 0.15) is 31.4 Å². The molecule has 4 N–H and O–H groups in total. The van der Waals surface area contributed by atoms with Crippen LogP contribution in [0.2, 0.25) is 0 Å². The molecule has 7 nitrogen and oxygen atoms in total. The molecule has 7 heteroatoms. The van der Waals surface area contributed by atoms with E-state index >= 15 is 0 Å². The molecule has 1 unspecified atom stereocenters. The Labute approximate surface area is 149 Å². The van der Waals surface area contributed by atoms with Crippen molar-refractivity contribution in [3.05, 3.63) is 29.3 Å². The van der Waals surface area contributed by atoms with Crippen molar-refractivity contribution < 1.29 is 19.3 Å². The summed E-state index contributed by atoms with van der Waals surface area (Å²) >= 11 is 0. The molecule has 0 aromatic heterocycles. The molecule has 0 spiro atoms. The topological polar surface area (TPSA) is 91.7 Å². The molecule has 0 aliphatic rings. The Morgan fingerprint density at radius 1 is 1.12 bits per heavy atom. The third kappa shape index (κ3) is 7.34. The zero-order valence-electron chi connectivity index (χ0n) is 15.7. The van der Waals surface area contributed by atoms with Crippen LogP contribution in [0.3, 0.4) is 0 Å². The molecule has 1 aromatic rings. The average molecular weight is 349 g/mol. The molecule has 0 heterocycles. The molecular formula is C18H29N4O3+. The van der Waals surface area contributed by atoms with Crippen LogP contribution >= 0.6 is 0 Å². The molecule has 2 atom stereocenters. The maximum absolute atomic E-state index is 12.1. The number of carbonyl (C=O) groups excluding carboxylic acids is 3. The monoisotopic (exact) mass is 349 g/mol. The SMILES string of the molecule is CC[C@@H](C)NC(=O)NC(=O)C[NH+](C)CC(=O)Nc1cccc(C)c1C. The number of nitrogens with one attached hydrogen (secondary N) is 4. The van der Waals surface area contributed by atoms with Gasteiger partial charge in [-0.1, -0.05) is 19.1 Å². The predicted molar refractivity (Wildman–Crippen MR) is 97.6 cm³/mol. The Balaban J connectivity index is 2.43. The van der Waals surface area contributed by atoms with Crippen LogP contribution in [-0.2, 0) is 9.59 Å². The van der Waals surface area contributed by atoms with E-state index in [9.17, 15) is 14.4 Å². The minimum atomic E-state index is -0.507. The molecule has 1 rings (SSSR count). The Kier molecular flexibility index (Phi) is 8.07. The molecule has 0 bridgehead atoms. The lowest BCUT2D eigenvalue weighted by Crippen LogP contribution is -3.11. The Morgan fingerprint density at radius 3 is 2.40 bits per heavy atom. The second-order valence-electron chi connectivity index (χ2n) is 6.44. The van der Waals surface area contributed by atoms with Crippen LogP contribution < -0.4 is 20.9 Å². The van der Waals surface area contributed by atoms with Crippen molar-refractivity contribution >= 4 is 23.5 Å². The van der Waals surface area contributed by atoms with E-state index in [1.807, 2.05) is 45.9 Å². The number of imide groups is 1. The molecule has 0 radical (unpaired) electrons. The Morgan fingerprint density at radius 2 is 1.76 bits per heavy atom. The maximum atomic E-state index is 12.1. The minimum absolute atomic E-state index is 0.00113. The fraction of sp³-hybridized carbons (Fsp3) is 0.500. The fourth-order valence-corrected chi connectivity index (χ4v) is 2.22. The number of carbonyl (C=O) groups is 3. The van der Waals surface area contributed by atoms with E-state index in [1.165, 1.54) is 0 Å². The summed E-state index contributed by atoms with van der Waals surface area (Å²) < 4.78 is 0. The maximum Gasteiger partial charge on any atom is 0.321 e. The van der Waals surface area contributed by atoms with Gasteiger partial charge in [0.15, 0.2) is 13.1 Å². The van der Waals surface area contributed by atoms with Crippen molar-refractivity contribution in [3.63, 3.8) is 0 Å². The first-order valence-electron chi connectivity index (χ1n) is 8.50. The van der Waals surface area contributed by atoms with E-state index in [2.05, 4.69) is 16.0 Å². The molecule has 0 saturated carbocycles. The molecule has 0 aliphatic heterocycles. The molecule has 0 fully saturated rings. The number of urea groups is 1. The summed E-state index contributed by atoms with van der Waals surface area (Å²) in [4.78, 5) is 36.3. The van der Waals surface area contributed by atoms with E-state index < -0.39 is 11.9 Å². The van der Waals surface area contributed by atoms with Gasteiger partial charge in [-0.05, 0) is 44.4 Å². The molecule has 4 amide bonds. The first-order chi connectivity index (χ1) is 11.7. The van der Waals surface area contributed by atoms with Crippen LogP contribution in [0, 0.1) is 13.8 Å². The van der Waals surface area contributed by atoms with Gasteiger partial charge in [0.1, 0.15) is 0 Å². The van der Waals surface area contributed by atoms with Gasteiger partial charge in [0, 0.05) is 11.7 Å². The van der Waals surface area contributed by atoms with E-state index in [4.69, 9.17) is 0 Å². The van der Waals surface area contributed by atoms with Gasteiger partial charge in [0.25, 0.3) is 11.8 Å². The average Bonchev–Trinajstić information content (AvgIpc) is 2.50. The molecule has 0 aliphatic carbocycles. The Hall–Kier alpha value is -2.41. The highest BCUT2D eigenvalue weighted by Crippen LogP contribution is 2.17. The standard InChI is InChI=1S/C18H28N4O3/c1-6-13(3)19-18(25)21-17(24)11-22(5)10-16(23)20-15-9-7-8-12(2)14(15)4/h7-9,13H,6,10-11H2,1-5H3,(H,20,23)(H2,19,21,24,25)/p+1/t13-/m1/s1. The summed E-state index contributed by atoms with van der Waals surface area (Å²) in [5.41, 5.74) is 2.90.